The maximum atomic E-state index is 13.7. The van der Waals surface area contributed by atoms with Gasteiger partial charge in [0.25, 0.3) is 5.91 Å². The number of hydrogen-bond acceptors (Lipinski definition) is 2. The fourth-order valence-corrected chi connectivity index (χ4v) is 2.53. The summed E-state index contributed by atoms with van der Waals surface area (Å²) < 4.78 is 26.9. The van der Waals surface area contributed by atoms with Gasteiger partial charge in [0.1, 0.15) is 11.6 Å². The molecule has 1 atom stereocenters. The van der Waals surface area contributed by atoms with Crippen LogP contribution in [0.5, 0.6) is 0 Å². The lowest BCUT2D eigenvalue weighted by Gasteiger charge is -2.40. The van der Waals surface area contributed by atoms with Crippen molar-refractivity contribution < 1.29 is 18.4 Å². The van der Waals surface area contributed by atoms with Gasteiger partial charge in [-0.3, -0.25) is 9.59 Å². The van der Waals surface area contributed by atoms with Crippen LogP contribution in [0.4, 0.5) is 8.78 Å². The van der Waals surface area contributed by atoms with E-state index in [4.69, 9.17) is 0 Å². The molecule has 1 aliphatic rings. The van der Waals surface area contributed by atoms with Crippen LogP contribution < -0.4 is 0 Å². The van der Waals surface area contributed by atoms with Gasteiger partial charge in [0.2, 0.25) is 5.91 Å². The van der Waals surface area contributed by atoms with Crippen LogP contribution in [-0.4, -0.2) is 47.3 Å². The van der Waals surface area contributed by atoms with Crippen molar-refractivity contribution in [2.24, 2.45) is 0 Å². The highest BCUT2D eigenvalue weighted by Gasteiger charge is 2.30. The second-order valence-electron chi connectivity index (χ2n) is 5.17. The Morgan fingerprint density at radius 1 is 1.29 bits per heavy atom. The fraction of sp³-hybridized carbons (Fsp3) is 0.467. The van der Waals surface area contributed by atoms with Gasteiger partial charge in [-0.05, 0) is 25.1 Å². The molecular formula is C15H18F2N2O2. The Bertz CT molecular complexity index is 563. The molecule has 0 radical (unpaired) electrons. The zero-order valence-electron chi connectivity index (χ0n) is 12.1. The lowest BCUT2D eigenvalue weighted by atomic mass is 10.1. The van der Waals surface area contributed by atoms with E-state index in [1.54, 1.807) is 18.7 Å². The summed E-state index contributed by atoms with van der Waals surface area (Å²) in [6.07, 6.45) is 0.416. The first-order valence-corrected chi connectivity index (χ1v) is 6.97. The van der Waals surface area contributed by atoms with E-state index in [0.29, 0.717) is 26.1 Å². The second kappa shape index (κ2) is 6.20. The number of carbonyl (C=O) groups excluding carboxylic acids is 2. The van der Waals surface area contributed by atoms with Crippen molar-refractivity contribution in [3.63, 3.8) is 0 Å². The second-order valence-corrected chi connectivity index (χ2v) is 5.17. The number of carbonyl (C=O) groups is 2. The molecule has 1 saturated heterocycles. The number of hydrogen-bond donors (Lipinski definition) is 0. The van der Waals surface area contributed by atoms with Gasteiger partial charge in [0.05, 0.1) is 5.56 Å². The molecule has 1 aromatic rings. The first kappa shape index (κ1) is 15.4. The zero-order valence-corrected chi connectivity index (χ0v) is 12.1. The van der Waals surface area contributed by atoms with E-state index in [0.717, 1.165) is 18.2 Å². The highest BCUT2D eigenvalue weighted by molar-refractivity contribution is 5.95. The van der Waals surface area contributed by atoms with Crippen LogP contribution in [0.25, 0.3) is 0 Å². The first-order valence-electron chi connectivity index (χ1n) is 6.97. The molecule has 0 spiro atoms. The molecule has 1 heterocycles. The summed E-state index contributed by atoms with van der Waals surface area (Å²) in [5.74, 6) is -1.89. The standard InChI is InChI=1S/C15H18F2N2O2/c1-3-14(20)18-6-7-19(10(2)9-18)15(21)12-8-11(16)4-5-13(12)17/h4-5,8,10H,3,6-7,9H2,1-2H3. The minimum absolute atomic E-state index is 0.0332. The van der Waals surface area contributed by atoms with E-state index in [-0.39, 0.29) is 17.5 Å². The van der Waals surface area contributed by atoms with Crippen molar-refractivity contribution in [3.8, 4) is 0 Å². The van der Waals surface area contributed by atoms with Crippen molar-refractivity contribution in [2.45, 2.75) is 26.3 Å². The number of halogens is 2. The molecule has 6 heteroatoms. The average molecular weight is 296 g/mol. The molecule has 21 heavy (non-hydrogen) atoms. The summed E-state index contributed by atoms with van der Waals surface area (Å²) in [4.78, 5) is 27.2. The topological polar surface area (TPSA) is 40.6 Å². The summed E-state index contributed by atoms with van der Waals surface area (Å²) in [5, 5.41) is 0. The van der Waals surface area contributed by atoms with Gasteiger partial charge in [-0.1, -0.05) is 6.92 Å². The maximum absolute atomic E-state index is 13.7. The molecule has 2 amide bonds. The van der Waals surface area contributed by atoms with E-state index >= 15 is 0 Å². The predicted molar refractivity (Wildman–Crippen MR) is 73.7 cm³/mol. The summed E-state index contributed by atoms with van der Waals surface area (Å²) in [6, 6.07) is 2.61. The largest absolute Gasteiger partial charge is 0.339 e. The molecule has 1 fully saturated rings. The summed E-state index contributed by atoms with van der Waals surface area (Å²) in [6.45, 7) is 4.73. The summed E-state index contributed by atoms with van der Waals surface area (Å²) in [7, 11) is 0. The molecule has 114 valence electrons. The smallest absolute Gasteiger partial charge is 0.257 e. The van der Waals surface area contributed by atoms with Crippen LogP contribution in [0, 0.1) is 11.6 Å². The first-order chi connectivity index (χ1) is 9.93. The normalized spacial score (nSPS) is 18.8. The van der Waals surface area contributed by atoms with Crippen molar-refractivity contribution in [1.82, 2.24) is 9.80 Å². The molecule has 4 nitrogen and oxygen atoms in total. The molecule has 0 N–H and O–H groups in total. The minimum atomic E-state index is -0.735. The fourth-order valence-electron chi connectivity index (χ4n) is 2.53. The van der Waals surface area contributed by atoms with E-state index in [1.165, 1.54) is 4.90 Å². The summed E-state index contributed by atoms with van der Waals surface area (Å²) >= 11 is 0. The maximum Gasteiger partial charge on any atom is 0.257 e. The Balaban J connectivity index is 2.14. The van der Waals surface area contributed by atoms with Crippen LogP contribution in [0.3, 0.4) is 0 Å². The van der Waals surface area contributed by atoms with Crippen LogP contribution in [-0.2, 0) is 4.79 Å². The molecule has 1 aromatic carbocycles. The van der Waals surface area contributed by atoms with Gasteiger partial charge in [0, 0.05) is 32.1 Å². The third-order valence-corrected chi connectivity index (χ3v) is 3.70. The van der Waals surface area contributed by atoms with Gasteiger partial charge < -0.3 is 9.80 Å². The number of piperazine rings is 1. The lowest BCUT2D eigenvalue weighted by molar-refractivity contribution is -0.133. The summed E-state index contributed by atoms with van der Waals surface area (Å²) in [5.41, 5.74) is -0.267. The molecule has 0 saturated carbocycles. The van der Waals surface area contributed by atoms with Crippen molar-refractivity contribution in [3.05, 3.63) is 35.4 Å². The van der Waals surface area contributed by atoms with E-state index in [2.05, 4.69) is 0 Å². The minimum Gasteiger partial charge on any atom is -0.339 e. The Hall–Kier alpha value is -1.98. The van der Waals surface area contributed by atoms with Crippen LogP contribution in [0.1, 0.15) is 30.6 Å². The van der Waals surface area contributed by atoms with Crippen molar-refractivity contribution in [1.29, 1.82) is 0 Å². The van der Waals surface area contributed by atoms with E-state index in [9.17, 15) is 18.4 Å². The number of benzene rings is 1. The number of rotatable bonds is 2. The highest BCUT2D eigenvalue weighted by Crippen LogP contribution is 2.17. The molecule has 2 rings (SSSR count). The van der Waals surface area contributed by atoms with Gasteiger partial charge in [0.15, 0.2) is 0 Å². The molecule has 1 aliphatic heterocycles. The molecule has 0 bridgehead atoms. The van der Waals surface area contributed by atoms with Gasteiger partial charge in [-0.2, -0.15) is 0 Å². The van der Waals surface area contributed by atoms with Crippen molar-refractivity contribution in [2.75, 3.05) is 19.6 Å². The van der Waals surface area contributed by atoms with Crippen LogP contribution in [0.15, 0.2) is 18.2 Å². The third-order valence-electron chi connectivity index (χ3n) is 3.70. The Kier molecular flexibility index (Phi) is 4.55. The molecule has 1 unspecified atom stereocenters. The SMILES string of the molecule is CCC(=O)N1CCN(C(=O)c2cc(F)ccc2F)C(C)C1. The van der Waals surface area contributed by atoms with Gasteiger partial charge in [-0.15, -0.1) is 0 Å². The van der Waals surface area contributed by atoms with Gasteiger partial charge >= 0.3 is 0 Å². The lowest BCUT2D eigenvalue weighted by Crippen LogP contribution is -2.55. The Labute approximate surface area is 122 Å². The van der Waals surface area contributed by atoms with E-state index in [1.807, 2.05) is 0 Å². The highest BCUT2D eigenvalue weighted by atomic mass is 19.1. The molecule has 0 aromatic heterocycles. The number of amides is 2. The van der Waals surface area contributed by atoms with Crippen molar-refractivity contribution >= 4 is 11.8 Å². The van der Waals surface area contributed by atoms with Gasteiger partial charge in [-0.25, -0.2) is 8.78 Å². The zero-order chi connectivity index (χ0) is 15.6. The predicted octanol–water partition coefficient (Wildman–Crippen LogP) is 2.05. The molecular weight excluding hydrogens is 278 g/mol. The monoisotopic (exact) mass is 296 g/mol. The molecule has 0 aliphatic carbocycles. The van der Waals surface area contributed by atoms with E-state index < -0.39 is 17.5 Å². The average Bonchev–Trinajstić information content (AvgIpc) is 2.48. The Morgan fingerprint density at radius 3 is 2.62 bits per heavy atom. The van der Waals surface area contributed by atoms with Crippen LogP contribution in [0.2, 0.25) is 0 Å². The quantitative estimate of drug-likeness (QED) is 0.838. The number of nitrogens with zero attached hydrogens (tertiary/aromatic N) is 2. The third kappa shape index (κ3) is 3.20. The Morgan fingerprint density at radius 2 is 2.00 bits per heavy atom. The van der Waals surface area contributed by atoms with Crippen LogP contribution >= 0.6 is 0 Å².